The van der Waals surface area contributed by atoms with Crippen molar-refractivity contribution in [2.24, 2.45) is 0 Å². The van der Waals surface area contributed by atoms with Gasteiger partial charge in [-0.1, -0.05) is 72.8 Å². The van der Waals surface area contributed by atoms with Crippen LogP contribution in [0.25, 0.3) is 0 Å². The summed E-state index contributed by atoms with van der Waals surface area (Å²) in [6, 6.07) is 28.6. The largest absolute Gasteiger partial charge is 0.493 e. The Morgan fingerprint density at radius 1 is 0.818 bits per heavy atom. The molecule has 0 saturated carbocycles. The zero-order valence-corrected chi connectivity index (χ0v) is 27.0. The molecule has 6 nitrogen and oxygen atoms in total. The van der Waals surface area contributed by atoms with Gasteiger partial charge in [-0.2, -0.15) is 4.58 Å². The number of rotatable bonds is 12. The maximum atomic E-state index is 6.58. The van der Waals surface area contributed by atoms with Crippen LogP contribution < -0.4 is 18.9 Å². The number of nitrogens with zero attached hydrogens (tertiary/aromatic N) is 1. The number of likely N-dealkylation sites (N-methyl/N-ethyl adjacent to an activating group) is 1. The lowest BCUT2D eigenvalue weighted by Gasteiger charge is -2.22. The number of hydrogen-bond donors (Lipinski definition) is 0. The van der Waals surface area contributed by atoms with Crippen molar-refractivity contribution in [1.29, 1.82) is 0 Å². The number of ether oxygens (including phenoxy) is 5. The van der Waals surface area contributed by atoms with E-state index in [0.717, 1.165) is 45.0 Å². The van der Waals surface area contributed by atoms with Crippen LogP contribution in [0.3, 0.4) is 0 Å². The Labute approximate surface area is 261 Å². The molecule has 230 valence electrons. The van der Waals surface area contributed by atoms with Gasteiger partial charge in [0.2, 0.25) is 0 Å². The van der Waals surface area contributed by atoms with Gasteiger partial charge in [-0.25, -0.2) is 0 Å². The van der Waals surface area contributed by atoms with Crippen LogP contribution in [0.2, 0.25) is 0 Å². The van der Waals surface area contributed by atoms with Crippen LogP contribution in [0.4, 0.5) is 0 Å². The van der Waals surface area contributed by atoms with E-state index in [2.05, 4.69) is 68.8 Å². The summed E-state index contributed by atoms with van der Waals surface area (Å²) in [5.74, 6) is 3.66. The Bertz CT molecular complexity index is 1610. The Hall–Kier alpha value is -4.45. The molecule has 44 heavy (non-hydrogen) atoms. The number of hydrogen-bond acceptors (Lipinski definition) is 5. The normalized spacial score (nSPS) is 14.0. The zero-order chi connectivity index (χ0) is 31.3. The highest BCUT2D eigenvalue weighted by Crippen LogP contribution is 2.42. The maximum absolute atomic E-state index is 6.58. The first-order valence-electron chi connectivity index (χ1n) is 15.2. The fourth-order valence-corrected chi connectivity index (χ4v) is 5.38. The van der Waals surface area contributed by atoms with Crippen molar-refractivity contribution < 1.29 is 28.3 Å². The Kier molecular flexibility index (Phi) is 9.48. The summed E-state index contributed by atoms with van der Waals surface area (Å²) < 4.78 is 34.0. The first-order valence-corrected chi connectivity index (χ1v) is 15.2. The van der Waals surface area contributed by atoms with Crippen LogP contribution in [0.15, 0.2) is 84.9 Å². The van der Waals surface area contributed by atoms with Crippen LogP contribution >= 0.6 is 0 Å². The van der Waals surface area contributed by atoms with Gasteiger partial charge < -0.3 is 23.7 Å². The summed E-state index contributed by atoms with van der Waals surface area (Å²) in [6.45, 7) is 11.9. The second-order valence-corrected chi connectivity index (χ2v) is 12.2. The average molecular weight is 595 g/mol. The molecule has 0 fully saturated rings. The second-order valence-electron chi connectivity index (χ2n) is 12.2. The predicted octanol–water partition coefficient (Wildman–Crippen LogP) is 7.74. The molecule has 0 saturated heterocycles. The monoisotopic (exact) mass is 594 g/mol. The fourth-order valence-electron chi connectivity index (χ4n) is 5.38. The van der Waals surface area contributed by atoms with Crippen LogP contribution in [0, 0.1) is 6.92 Å². The molecule has 0 spiro atoms. The van der Waals surface area contributed by atoms with E-state index in [0.29, 0.717) is 43.5 Å². The summed E-state index contributed by atoms with van der Waals surface area (Å²) in [6.07, 6.45) is 0.499. The van der Waals surface area contributed by atoms with Crippen molar-refractivity contribution in [3.05, 3.63) is 118 Å². The summed E-state index contributed by atoms with van der Waals surface area (Å²) in [5.41, 5.74) is 5.94. The van der Waals surface area contributed by atoms with Crippen LogP contribution in [0.1, 0.15) is 61.1 Å². The zero-order valence-electron chi connectivity index (χ0n) is 27.0. The van der Waals surface area contributed by atoms with Crippen LogP contribution in [-0.4, -0.2) is 42.9 Å². The smallest absolute Gasteiger partial charge is 0.370 e. The molecule has 0 bridgehead atoms. The van der Waals surface area contributed by atoms with Crippen LogP contribution in [-0.2, 0) is 24.4 Å². The van der Waals surface area contributed by atoms with Gasteiger partial charge in [0.05, 0.1) is 18.8 Å². The minimum Gasteiger partial charge on any atom is -0.493 e. The Balaban J connectivity index is 1.62. The molecule has 0 radical (unpaired) electrons. The highest BCUT2D eigenvalue weighted by molar-refractivity contribution is 5.94. The minimum atomic E-state index is -0.143. The third kappa shape index (κ3) is 6.85. The van der Waals surface area contributed by atoms with Gasteiger partial charge in [0, 0.05) is 31.4 Å². The lowest BCUT2D eigenvalue weighted by atomic mass is 9.94. The molecule has 6 heteroatoms. The van der Waals surface area contributed by atoms with Crippen molar-refractivity contribution in [3.8, 4) is 23.0 Å². The Morgan fingerprint density at radius 3 is 2.02 bits per heavy atom. The lowest BCUT2D eigenvalue weighted by Crippen LogP contribution is -2.33. The summed E-state index contributed by atoms with van der Waals surface area (Å²) in [5, 5.41) is 0. The van der Waals surface area contributed by atoms with E-state index in [1.807, 2.05) is 62.4 Å². The van der Waals surface area contributed by atoms with E-state index >= 15 is 0 Å². The van der Waals surface area contributed by atoms with Gasteiger partial charge in [0.25, 0.3) is 0 Å². The lowest BCUT2D eigenvalue weighted by molar-refractivity contribution is -0.562. The molecule has 0 aromatic heterocycles. The fraction of sp³-hybridized carbons (Fsp3) is 0.342. The molecule has 1 aliphatic rings. The van der Waals surface area contributed by atoms with E-state index < -0.39 is 0 Å². The van der Waals surface area contributed by atoms with E-state index in [4.69, 9.17) is 23.7 Å². The van der Waals surface area contributed by atoms with Gasteiger partial charge in [-0.3, -0.25) is 0 Å². The van der Waals surface area contributed by atoms with E-state index in [1.54, 1.807) is 7.11 Å². The maximum Gasteiger partial charge on any atom is 0.370 e. The minimum absolute atomic E-state index is 0.0160. The molecular weight excluding hydrogens is 550 g/mol. The summed E-state index contributed by atoms with van der Waals surface area (Å²) in [7, 11) is 3.79. The molecule has 5 rings (SSSR count). The second kappa shape index (κ2) is 13.5. The van der Waals surface area contributed by atoms with Gasteiger partial charge in [0.1, 0.15) is 20.3 Å². The highest BCUT2D eigenvalue weighted by atomic mass is 16.5. The number of benzene rings is 4. The molecule has 0 amide bonds. The molecule has 0 aliphatic carbocycles. The van der Waals surface area contributed by atoms with Gasteiger partial charge >= 0.3 is 5.90 Å². The Morgan fingerprint density at radius 2 is 1.45 bits per heavy atom. The van der Waals surface area contributed by atoms with Gasteiger partial charge in [-0.05, 0) is 49.6 Å². The number of para-hydroxylation sites is 1. The van der Waals surface area contributed by atoms with Crippen LogP contribution in [0.5, 0.6) is 23.0 Å². The quantitative estimate of drug-likeness (QED) is 0.157. The van der Waals surface area contributed by atoms with Gasteiger partial charge in [0.15, 0.2) is 35.1 Å². The topological polar surface area (TPSA) is 49.2 Å². The van der Waals surface area contributed by atoms with Crippen molar-refractivity contribution in [2.45, 2.75) is 65.9 Å². The molecular formula is C38H44NO5+. The molecule has 4 aromatic carbocycles. The summed E-state index contributed by atoms with van der Waals surface area (Å²) in [4.78, 5) is 0. The highest BCUT2D eigenvalue weighted by Gasteiger charge is 2.42. The van der Waals surface area contributed by atoms with Gasteiger partial charge in [-0.15, -0.1) is 0 Å². The van der Waals surface area contributed by atoms with E-state index in [1.165, 1.54) is 0 Å². The summed E-state index contributed by atoms with van der Waals surface area (Å²) >= 11 is 0. The first kappa shape index (κ1) is 31.0. The van der Waals surface area contributed by atoms with Crippen molar-refractivity contribution in [2.75, 3.05) is 20.8 Å². The molecule has 0 atom stereocenters. The van der Waals surface area contributed by atoms with Crippen molar-refractivity contribution >= 4 is 5.90 Å². The third-order valence-electron chi connectivity index (χ3n) is 7.98. The average Bonchev–Trinajstić information content (AvgIpc) is 3.29. The number of aryl methyl sites for hydroxylation is 1. The first-order chi connectivity index (χ1) is 21.2. The third-order valence-corrected chi connectivity index (χ3v) is 7.98. The molecule has 0 N–H and O–H groups in total. The predicted molar refractivity (Wildman–Crippen MR) is 175 cm³/mol. The molecule has 1 heterocycles. The SMILES string of the molecule is COc1c(Cc2cccc(OCc3ccccc3)c2OCc2ccccc2)c(C2=[N+](C)C(C)(C)CO2)cc(C)c1OC(C)C. The number of methoxy groups -OCH3 is 1. The van der Waals surface area contributed by atoms with E-state index in [9.17, 15) is 0 Å². The van der Waals surface area contributed by atoms with E-state index in [-0.39, 0.29) is 11.6 Å². The van der Waals surface area contributed by atoms with Crippen molar-refractivity contribution in [3.63, 3.8) is 0 Å². The molecule has 4 aromatic rings. The molecule has 0 unspecified atom stereocenters. The molecule has 1 aliphatic heterocycles. The standard InChI is InChI=1S/C38H44NO5/c1-26(2)44-34-27(3)21-32(37-39(6)38(4,5)25-43-37)31(36(34)40-7)22-30-19-14-20-33(41-23-28-15-10-8-11-16-28)35(30)42-24-29-17-12-9-13-18-29/h8-21,26H,22-25H2,1-7H3/q+1. The van der Waals surface area contributed by atoms with Crippen molar-refractivity contribution in [1.82, 2.24) is 0 Å².